The number of rotatable bonds is 5. The fourth-order valence-electron chi connectivity index (χ4n) is 2.76. The number of para-hydroxylation sites is 1. The zero-order chi connectivity index (χ0) is 21.1. The highest BCUT2D eigenvalue weighted by Gasteiger charge is 2.57. The minimum Gasteiger partial charge on any atom is -0.359 e. The number of carbonyl (C=O) groups is 2. The van der Waals surface area contributed by atoms with Gasteiger partial charge in [-0.15, -0.1) is 11.6 Å². The minimum atomic E-state index is -2.24. The van der Waals surface area contributed by atoms with E-state index in [0.29, 0.717) is 16.8 Å². The Hall–Kier alpha value is -1.97. The van der Waals surface area contributed by atoms with Crippen molar-refractivity contribution in [2.24, 2.45) is 5.73 Å². The zero-order valence-electron chi connectivity index (χ0n) is 15.1. The van der Waals surface area contributed by atoms with Gasteiger partial charge in [-0.3, -0.25) is 4.79 Å². The second-order valence-corrected chi connectivity index (χ2v) is 7.34. The number of benzene rings is 1. The van der Waals surface area contributed by atoms with Crippen LogP contribution in [0.4, 0.5) is 10.5 Å². The zero-order valence-corrected chi connectivity index (χ0v) is 17.4. The molecule has 0 saturated heterocycles. The number of aliphatic hydroxyl groups is 1. The summed E-state index contributed by atoms with van der Waals surface area (Å²) < 4.78 is 5.41. The van der Waals surface area contributed by atoms with Gasteiger partial charge in [0, 0.05) is 24.8 Å². The van der Waals surface area contributed by atoms with Crippen LogP contribution in [0.1, 0.15) is 19.4 Å². The number of hydrogen-bond donors (Lipinski definition) is 4. The molecule has 2 unspecified atom stereocenters. The first-order valence-electron chi connectivity index (χ1n) is 8.18. The molecule has 5 N–H and O–H groups in total. The number of ether oxygens (including phenoxy) is 1. The highest BCUT2D eigenvalue weighted by Crippen LogP contribution is 2.47. The lowest BCUT2D eigenvalue weighted by atomic mass is 9.85. The number of nitrogens with two attached hydrogens (primary N) is 1. The standard InChI is InChI=1S/C18H19Cl2N3O4S/c1-3-27-18(26)14(19)8-11(9-17(18,20)15(28)23-16(21)25)12-6-4-5-7-13(12)22-10(2)24/h4-9,26H,3H2,1-2H3,(H,22,24)(H3,21,23,25,28). The van der Waals surface area contributed by atoms with E-state index in [9.17, 15) is 14.7 Å². The van der Waals surface area contributed by atoms with Crippen molar-refractivity contribution in [2.45, 2.75) is 24.5 Å². The predicted molar refractivity (Wildman–Crippen MR) is 113 cm³/mol. The molecular weight excluding hydrogens is 425 g/mol. The van der Waals surface area contributed by atoms with Gasteiger partial charge >= 0.3 is 6.03 Å². The van der Waals surface area contributed by atoms with E-state index in [0.717, 1.165) is 0 Å². The predicted octanol–water partition coefficient (Wildman–Crippen LogP) is 2.86. The van der Waals surface area contributed by atoms with Gasteiger partial charge in [-0.1, -0.05) is 42.0 Å². The minimum absolute atomic E-state index is 0.0554. The average Bonchev–Trinajstić information content (AvgIpc) is 2.59. The molecule has 2 atom stereocenters. The average molecular weight is 444 g/mol. The summed E-state index contributed by atoms with van der Waals surface area (Å²) in [6.07, 6.45) is 2.85. The van der Waals surface area contributed by atoms with Gasteiger partial charge in [-0.05, 0) is 30.7 Å². The molecule has 3 amide bonds. The van der Waals surface area contributed by atoms with Crippen molar-refractivity contribution in [1.29, 1.82) is 0 Å². The molecule has 0 saturated carbocycles. The second kappa shape index (κ2) is 8.59. The number of anilines is 1. The normalized spacial score (nSPS) is 24.0. The van der Waals surface area contributed by atoms with Crippen LogP contribution < -0.4 is 16.4 Å². The van der Waals surface area contributed by atoms with E-state index >= 15 is 0 Å². The van der Waals surface area contributed by atoms with Crippen molar-refractivity contribution < 1.29 is 19.4 Å². The maximum atomic E-state index is 11.5. The molecule has 150 valence electrons. The van der Waals surface area contributed by atoms with Gasteiger partial charge in [0.1, 0.15) is 4.99 Å². The summed E-state index contributed by atoms with van der Waals surface area (Å²) in [7, 11) is 0. The van der Waals surface area contributed by atoms with Crippen molar-refractivity contribution >= 4 is 63.6 Å². The molecule has 1 aromatic carbocycles. The molecule has 10 heteroatoms. The smallest absolute Gasteiger partial charge is 0.317 e. The fraction of sp³-hybridized carbons (Fsp3) is 0.278. The molecule has 0 aliphatic heterocycles. The molecule has 7 nitrogen and oxygen atoms in total. The number of amides is 3. The Morgan fingerprint density at radius 3 is 2.57 bits per heavy atom. The Morgan fingerprint density at radius 2 is 2.00 bits per heavy atom. The lowest BCUT2D eigenvalue weighted by Gasteiger charge is -2.43. The number of urea groups is 1. The van der Waals surface area contributed by atoms with Crippen LogP contribution >= 0.6 is 35.4 Å². The highest BCUT2D eigenvalue weighted by molar-refractivity contribution is 7.80. The van der Waals surface area contributed by atoms with Crippen molar-refractivity contribution in [2.75, 3.05) is 11.9 Å². The van der Waals surface area contributed by atoms with E-state index in [1.807, 2.05) is 0 Å². The van der Waals surface area contributed by atoms with Crippen molar-refractivity contribution in [3.05, 3.63) is 47.0 Å². The number of carbonyl (C=O) groups excluding carboxylic acids is 2. The number of nitrogens with one attached hydrogen (secondary N) is 2. The van der Waals surface area contributed by atoms with Crippen molar-refractivity contribution in [3.8, 4) is 0 Å². The van der Waals surface area contributed by atoms with Crippen LogP contribution in [0.25, 0.3) is 5.57 Å². The molecule has 0 bridgehead atoms. The summed E-state index contributed by atoms with van der Waals surface area (Å²) in [5.41, 5.74) is 6.66. The first-order chi connectivity index (χ1) is 13.0. The van der Waals surface area contributed by atoms with Gasteiger partial charge in [-0.25, -0.2) is 4.79 Å². The van der Waals surface area contributed by atoms with Crippen LogP contribution in [0, 0.1) is 0 Å². The first kappa shape index (κ1) is 22.3. The summed E-state index contributed by atoms with van der Waals surface area (Å²) in [4.78, 5) is 20.6. The Morgan fingerprint density at radius 1 is 1.36 bits per heavy atom. The number of primary amides is 1. The molecule has 28 heavy (non-hydrogen) atoms. The van der Waals surface area contributed by atoms with Crippen LogP contribution in [-0.2, 0) is 9.53 Å². The van der Waals surface area contributed by atoms with Gasteiger partial charge in [0.05, 0.1) is 5.03 Å². The molecule has 0 heterocycles. The molecule has 1 aromatic rings. The Bertz CT molecular complexity index is 889. The number of alkyl halides is 1. The molecule has 1 aliphatic rings. The van der Waals surface area contributed by atoms with Gasteiger partial charge in [0.25, 0.3) is 0 Å². The fourth-order valence-corrected chi connectivity index (χ4v) is 3.74. The third-order valence-corrected chi connectivity index (χ3v) is 5.38. The quantitative estimate of drug-likeness (QED) is 0.317. The number of halogens is 2. The lowest BCUT2D eigenvalue weighted by Crippen LogP contribution is -2.61. The van der Waals surface area contributed by atoms with Crippen molar-refractivity contribution in [3.63, 3.8) is 0 Å². The maximum absolute atomic E-state index is 11.5. The lowest BCUT2D eigenvalue weighted by molar-refractivity contribution is -0.171. The number of hydrogen-bond acceptors (Lipinski definition) is 5. The molecule has 1 aliphatic carbocycles. The van der Waals surface area contributed by atoms with Crippen LogP contribution in [0.3, 0.4) is 0 Å². The van der Waals surface area contributed by atoms with Crippen LogP contribution in [0.15, 0.2) is 41.4 Å². The molecule has 0 spiro atoms. The Labute approximate surface area is 177 Å². The van der Waals surface area contributed by atoms with Gasteiger partial charge in [0.15, 0.2) is 4.87 Å². The third kappa shape index (κ3) is 4.21. The summed E-state index contributed by atoms with van der Waals surface area (Å²) in [5.74, 6) is -2.51. The molecule has 0 aromatic heterocycles. The third-order valence-electron chi connectivity index (χ3n) is 3.92. The topological polar surface area (TPSA) is 114 Å². The summed E-state index contributed by atoms with van der Waals surface area (Å²) in [6, 6.07) is 5.96. The van der Waals surface area contributed by atoms with Gasteiger partial charge in [-0.2, -0.15) is 0 Å². The second-order valence-electron chi connectivity index (χ2n) is 5.93. The molecular formula is C18H19Cl2N3O4S. The molecule has 0 radical (unpaired) electrons. The van der Waals surface area contributed by atoms with Crippen molar-refractivity contribution in [1.82, 2.24) is 5.32 Å². The van der Waals surface area contributed by atoms with E-state index < -0.39 is 16.7 Å². The number of thiocarbonyl (C=S) groups is 1. The SMILES string of the molecule is CCOC1(O)C(Cl)=CC(c2ccccc2NC(C)=O)=CC1(Cl)C(=S)NC(N)=O. The van der Waals surface area contributed by atoms with Gasteiger partial charge in [0.2, 0.25) is 11.7 Å². The molecule has 0 fully saturated rings. The van der Waals surface area contributed by atoms with E-state index in [4.69, 9.17) is 45.9 Å². The summed E-state index contributed by atoms with van der Waals surface area (Å²) in [6.45, 7) is 3.07. The highest BCUT2D eigenvalue weighted by atomic mass is 35.5. The summed E-state index contributed by atoms with van der Waals surface area (Å²) >= 11 is 18.2. The van der Waals surface area contributed by atoms with Crippen LogP contribution in [-0.4, -0.2) is 39.3 Å². The number of allylic oxidation sites excluding steroid dienone is 2. The van der Waals surface area contributed by atoms with E-state index in [1.165, 1.54) is 19.1 Å². The van der Waals surface area contributed by atoms with Crippen LogP contribution in [0.5, 0.6) is 0 Å². The van der Waals surface area contributed by atoms with Crippen LogP contribution in [0.2, 0.25) is 0 Å². The Kier molecular flexibility index (Phi) is 6.84. The largest absolute Gasteiger partial charge is 0.359 e. The Balaban J connectivity index is 2.66. The summed E-state index contributed by atoms with van der Waals surface area (Å²) in [5, 5.41) is 15.8. The van der Waals surface area contributed by atoms with Gasteiger partial charge < -0.3 is 26.2 Å². The first-order valence-corrected chi connectivity index (χ1v) is 9.35. The van der Waals surface area contributed by atoms with E-state index in [2.05, 4.69) is 10.6 Å². The monoisotopic (exact) mass is 443 g/mol. The van der Waals surface area contributed by atoms with E-state index in [1.54, 1.807) is 31.2 Å². The van der Waals surface area contributed by atoms with E-state index in [-0.39, 0.29) is 22.5 Å². The molecule has 2 rings (SSSR count). The maximum Gasteiger partial charge on any atom is 0.317 e.